The van der Waals surface area contributed by atoms with Crippen LogP contribution in [0.3, 0.4) is 0 Å². The Hall–Kier alpha value is -0.610. The van der Waals surface area contributed by atoms with Crippen LogP contribution >= 0.6 is 24.0 Å². The number of methoxy groups -OCH3 is 1. The molecule has 2 heterocycles. The highest BCUT2D eigenvalue weighted by Gasteiger charge is 2.30. The van der Waals surface area contributed by atoms with Crippen molar-refractivity contribution in [2.75, 3.05) is 66.1 Å². The number of amides is 1. The van der Waals surface area contributed by atoms with Crippen molar-refractivity contribution in [3.05, 3.63) is 0 Å². The molecule has 0 aromatic heterocycles. The number of ether oxygens (including phenoxy) is 1. The normalized spacial score (nSPS) is 20.0. The average molecular weight is 481 g/mol. The number of hydrogen-bond acceptors (Lipinski definition) is 4. The van der Waals surface area contributed by atoms with Crippen LogP contribution in [0.5, 0.6) is 0 Å². The van der Waals surface area contributed by atoms with Crippen molar-refractivity contribution in [3.8, 4) is 0 Å². The van der Waals surface area contributed by atoms with E-state index in [0.717, 1.165) is 84.2 Å². The van der Waals surface area contributed by atoms with Crippen LogP contribution in [0.2, 0.25) is 0 Å². The van der Waals surface area contributed by atoms with Crippen LogP contribution in [0.15, 0.2) is 4.99 Å². The van der Waals surface area contributed by atoms with Gasteiger partial charge in [-0.05, 0) is 33.1 Å². The Morgan fingerprint density at radius 1 is 1.12 bits per heavy atom. The van der Waals surface area contributed by atoms with E-state index in [9.17, 15) is 4.79 Å². The monoisotopic (exact) mass is 481 g/mol. The number of piperazine rings is 1. The second-order valence-corrected chi connectivity index (χ2v) is 6.81. The molecule has 2 aliphatic rings. The first-order chi connectivity index (χ1) is 12.2. The number of carbonyl (C=O) groups is 1. The van der Waals surface area contributed by atoms with Crippen LogP contribution in [0.25, 0.3) is 0 Å². The van der Waals surface area contributed by atoms with Gasteiger partial charge in [0.2, 0.25) is 5.91 Å². The number of halogens is 1. The molecule has 2 fully saturated rings. The molecule has 8 heteroatoms. The predicted molar refractivity (Wildman–Crippen MR) is 116 cm³/mol. The van der Waals surface area contributed by atoms with Crippen molar-refractivity contribution in [3.63, 3.8) is 0 Å². The standard InChI is InChI=1S/C18H35N5O2.HI/c1-4-19-18(20-8-7-15-25-3)23-13-11-21(12-14-23)16(2)17(24)22-9-5-6-10-22;/h16H,4-15H2,1-3H3,(H,19,20);1H. The number of carbonyl (C=O) groups excluding carboxylic acids is 1. The third-order valence-electron chi connectivity index (χ3n) is 5.04. The van der Waals surface area contributed by atoms with Gasteiger partial charge < -0.3 is 19.9 Å². The van der Waals surface area contributed by atoms with Crippen molar-refractivity contribution in [1.82, 2.24) is 20.0 Å². The Labute approximate surface area is 175 Å². The minimum atomic E-state index is -0.0125. The molecule has 0 bridgehead atoms. The smallest absolute Gasteiger partial charge is 0.239 e. The zero-order valence-corrected chi connectivity index (χ0v) is 18.9. The number of hydrogen-bond donors (Lipinski definition) is 1. The largest absolute Gasteiger partial charge is 0.385 e. The quantitative estimate of drug-likeness (QED) is 0.257. The first kappa shape index (κ1) is 23.4. The molecule has 1 amide bonds. The van der Waals surface area contributed by atoms with Gasteiger partial charge in [0, 0.05) is 66.1 Å². The fourth-order valence-corrected chi connectivity index (χ4v) is 3.50. The molecule has 1 atom stereocenters. The van der Waals surface area contributed by atoms with E-state index in [1.54, 1.807) is 7.11 Å². The number of aliphatic imine (C=N–C) groups is 1. The molecule has 2 saturated heterocycles. The molecule has 1 unspecified atom stereocenters. The minimum absolute atomic E-state index is 0. The van der Waals surface area contributed by atoms with Crippen LogP contribution in [0.1, 0.15) is 33.1 Å². The highest BCUT2D eigenvalue weighted by Crippen LogP contribution is 2.14. The lowest BCUT2D eigenvalue weighted by Crippen LogP contribution is -2.57. The van der Waals surface area contributed by atoms with Gasteiger partial charge in [-0.1, -0.05) is 0 Å². The lowest BCUT2D eigenvalue weighted by atomic mass is 10.2. The zero-order valence-electron chi connectivity index (χ0n) is 16.6. The molecule has 152 valence electrons. The summed E-state index contributed by atoms with van der Waals surface area (Å²) < 4.78 is 5.09. The Bertz CT molecular complexity index is 435. The number of guanidine groups is 1. The Kier molecular flexibility index (Phi) is 11.5. The van der Waals surface area contributed by atoms with Crippen molar-refractivity contribution in [2.24, 2.45) is 4.99 Å². The minimum Gasteiger partial charge on any atom is -0.385 e. The van der Waals surface area contributed by atoms with E-state index >= 15 is 0 Å². The van der Waals surface area contributed by atoms with Gasteiger partial charge in [-0.3, -0.25) is 14.7 Å². The van der Waals surface area contributed by atoms with Gasteiger partial charge in [0.1, 0.15) is 0 Å². The maximum absolute atomic E-state index is 12.6. The number of rotatable bonds is 7. The SMILES string of the molecule is CCNC(=NCCCOC)N1CCN(C(C)C(=O)N2CCCC2)CC1.I. The van der Waals surface area contributed by atoms with Gasteiger partial charge in [0.15, 0.2) is 5.96 Å². The van der Waals surface area contributed by atoms with Gasteiger partial charge in [-0.15, -0.1) is 24.0 Å². The second kappa shape index (κ2) is 12.7. The van der Waals surface area contributed by atoms with Crippen molar-refractivity contribution >= 4 is 35.8 Å². The highest BCUT2D eigenvalue weighted by molar-refractivity contribution is 14.0. The summed E-state index contributed by atoms with van der Waals surface area (Å²) in [6, 6.07) is -0.0125. The van der Waals surface area contributed by atoms with Gasteiger partial charge in [-0.25, -0.2) is 0 Å². The van der Waals surface area contributed by atoms with Gasteiger partial charge in [0.25, 0.3) is 0 Å². The van der Waals surface area contributed by atoms with Crippen molar-refractivity contribution in [2.45, 2.75) is 39.2 Å². The zero-order chi connectivity index (χ0) is 18.1. The lowest BCUT2D eigenvalue weighted by molar-refractivity contribution is -0.135. The van der Waals surface area contributed by atoms with Crippen LogP contribution in [-0.4, -0.2) is 98.7 Å². The van der Waals surface area contributed by atoms with Crippen molar-refractivity contribution < 1.29 is 9.53 Å². The summed E-state index contributed by atoms with van der Waals surface area (Å²) in [5.74, 6) is 1.28. The Balaban J connectivity index is 0.00000338. The molecule has 2 rings (SSSR count). The van der Waals surface area contributed by atoms with E-state index in [1.807, 2.05) is 4.90 Å². The molecule has 2 aliphatic heterocycles. The topological polar surface area (TPSA) is 60.4 Å². The summed E-state index contributed by atoms with van der Waals surface area (Å²) in [6.07, 6.45) is 3.24. The molecular formula is C18H36IN5O2. The molecule has 7 nitrogen and oxygen atoms in total. The number of likely N-dealkylation sites (tertiary alicyclic amines) is 1. The van der Waals surface area contributed by atoms with Crippen LogP contribution in [-0.2, 0) is 9.53 Å². The molecule has 0 aromatic rings. The fourth-order valence-electron chi connectivity index (χ4n) is 3.50. The van der Waals surface area contributed by atoms with Gasteiger partial charge in [-0.2, -0.15) is 0 Å². The Morgan fingerprint density at radius 2 is 1.77 bits per heavy atom. The third kappa shape index (κ3) is 6.84. The highest BCUT2D eigenvalue weighted by atomic mass is 127. The molecule has 0 aromatic carbocycles. The summed E-state index contributed by atoms with van der Waals surface area (Å²) in [6.45, 7) is 12.0. The third-order valence-corrected chi connectivity index (χ3v) is 5.04. The van der Waals surface area contributed by atoms with E-state index < -0.39 is 0 Å². The summed E-state index contributed by atoms with van der Waals surface area (Å²) >= 11 is 0. The summed E-state index contributed by atoms with van der Waals surface area (Å²) in [7, 11) is 1.72. The number of nitrogens with one attached hydrogen (secondary N) is 1. The van der Waals surface area contributed by atoms with E-state index in [-0.39, 0.29) is 30.0 Å². The lowest BCUT2D eigenvalue weighted by Gasteiger charge is -2.39. The molecule has 0 spiro atoms. The summed E-state index contributed by atoms with van der Waals surface area (Å²) in [5, 5.41) is 3.38. The molecule has 1 N–H and O–H groups in total. The number of nitrogens with zero attached hydrogens (tertiary/aromatic N) is 4. The van der Waals surface area contributed by atoms with Crippen LogP contribution < -0.4 is 5.32 Å². The first-order valence-corrected chi connectivity index (χ1v) is 9.72. The summed E-state index contributed by atoms with van der Waals surface area (Å²) in [5.41, 5.74) is 0. The van der Waals surface area contributed by atoms with E-state index in [1.165, 1.54) is 0 Å². The van der Waals surface area contributed by atoms with Crippen LogP contribution in [0, 0.1) is 0 Å². The van der Waals surface area contributed by atoms with E-state index in [4.69, 9.17) is 9.73 Å². The second-order valence-electron chi connectivity index (χ2n) is 6.81. The Morgan fingerprint density at radius 3 is 2.35 bits per heavy atom. The summed E-state index contributed by atoms with van der Waals surface area (Å²) in [4.78, 5) is 23.9. The van der Waals surface area contributed by atoms with Crippen LogP contribution in [0.4, 0.5) is 0 Å². The van der Waals surface area contributed by atoms with Gasteiger partial charge >= 0.3 is 0 Å². The van der Waals surface area contributed by atoms with E-state index in [2.05, 4.69) is 29.0 Å². The van der Waals surface area contributed by atoms with Crippen molar-refractivity contribution in [1.29, 1.82) is 0 Å². The fraction of sp³-hybridized carbons (Fsp3) is 0.889. The maximum Gasteiger partial charge on any atom is 0.239 e. The molecule has 26 heavy (non-hydrogen) atoms. The maximum atomic E-state index is 12.6. The van der Waals surface area contributed by atoms with Gasteiger partial charge in [0.05, 0.1) is 6.04 Å². The predicted octanol–water partition coefficient (Wildman–Crippen LogP) is 1.23. The molecule has 0 saturated carbocycles. The first-order valence-electron chi connectivity index (χ1n) is 9.72. The average Bonchev–Trinajstić information content (AvgIpc) is 3.18. The van der Waals surface area contributed by atoms with E-state index in [0.29, 0.717) is 5.91 Å². The molecular weight excluding hydrogens is 445 g/mol. The molecule has 0 aliphatic carbocycles. The molecule has 0 radical (unpaired) electrons.